The highest BCUT2D eigenvalue weighted by molar-refractivity contribution is 8.06. The number of hydrogen-bond donors (Lipinski definition) is 1. The monoisotopic (exact) mass is 283 g/mol. The topological polar surface area (TPSA) is 35.2 Å². The van der Waals surface area contributed by atoms with Gasteiger partial charge in [0, 0.05) is 34.1 Å². The smallest absolute Gasteiger partial charge is 0.124 e. The molecule has 2 rings (SSSR count). The summed E-state index contributed by atoms with van der Waals surface area (Å²) in [6, 6.07) is 8.29. The van der Waals surface area contributed by atoms with E-state index in [-0.39, 0.29) is 6.04 Å². The number of thioether (sulfide) groups is 2. The molecule has 0 spiro atoms. The zero-order valence-corrected chi connectivity index (χ0v) is 12.4. The van der Waals surface area contributed by atoms with Gasteiger partial charge in [-0.25, -0.2) is 0 Å². The molecule has 2 N–H and O–H groups in total. The quantitative estimate of drug-likeness (QED) is 0.899. The molecule has 2 atom stereocenters. The molecule has 0 aromatic heterocycles. The molecule has 1 fully saturated rings. The van der Waals surface area contributed by atoms with Crippen molar-refractivity contribution < 1.29 is 4.74 Å². The van der Waals surface area contributed by atoms with Crippen molar-refractivity contribution in [3.8, 4) is 5.75 Å². The van der Waals surface area contributed by atoms with Gasteiger partial charge in [0.05, 0.1) is 6.61 Å². The second-order valence-corrected chi connectivity index (χ2v) is 6.89. The minimum atomic E-state index is 0.0795. The number of ether oxygens (including phenoxy) is 1. The van der Waals surface area contributed by atoms with E-state index in [9.17, 15) is 0 Å². The van der Waals surface area contributed by atoms with Crippen LogP contribution in [0.15, 0.2) is 24.3 Å². The number of nitrogens with two attached hydrogens (primary N) is 1. The normalized spacial score (nSPS) is 21.6. The van der Waals surface area contributed by atoms with Crippen molar-refractivity contribution >= 4 is 23.5 Å². The van der Waals surface area contributed by atoms with Crippen LogP contribution in [0.4, 0.5) is 0 Å². The number of benzene rings is 1. The van der Waals surface area contributed by atoms with Crippen LogP contribution < -0.4 is 10.5 Å². The summed E-state index contributed by atoms with van der Waals surface area (Å²) in [5.74, 6) is 4.57. The van der Waals surface area contributed by atoms with Gasteiger partial charge in [-0.15, -0.1) is 0 Å². The summed E-state index contributed by atoms with van der Waals surface area (Å²) in [7, 11) is 0. The van der Waals surface area contributed by atoms with Crippen molar-refractivity contribution in [2.45, 2.75) is 24.6 Å². The average molecular weight is 283 g/mol. The number of para-hydroxylation sites is 1. The van der Waals surface area contributed by atoms with Gasteiger partial charge in [-0.3, -0.25) is 0 Å². The van der Waals surface area contributed by atoms with Gasteiger partial charge in [-0.2, -0.15) is 23.5 Å². The van der Waals surface area contributed by atoms with Crippen LogP contribution in [0.5, 0.6) is 5.75 Å². The maximum Gasteiger partial charge on any atom is 0.124 e. The van der Waals surface area contributed by atoms with Crippen LogP contribution in [0.1, 0.15) is 24.9 Å². The van der Waals surface area contributed by atoms with Crippen LogP contribution in [0.25, 0.3) is 0 Å². The van der Waals surface area contributed by atoms with Crippen molar-refractivity contribution in [2.24, 2.45) is 5.73 Å². The van der Waals surface area contributed by atoms with Gasteiger partial charge in [0.2, 0.25) is 0 Å². The third kappa shape index (κ3) is 3.59. The highest BCUT2D eigenvalue weighted by Crippen LogP contribution is 2.35. The zero-order valence-electron chi connectivity index (χ0n) is 10.8. The van der Waals surface area contributed by atoms with Crippen molar-refractivity contribution in [1.29, 1.82) is 0 Å². The Balaban J connectivity index is 2.10. The highest BCUT2D eigenvalue weighted by atomic mass is 32.2. The molecule has 1 aliphatic rings. The summed E-state index contributed by atoms with van der Waals surface area (Å²) < 4.78 is 5.80. The maximum atomic E-state index is 6.43. The first-order valence-electron chi connectivity index (χ1n) is 6.49. The molecule has 2 unspecified atom stereocenters. The number of rotatable bonds is 5. The molecule has 1 saturated heterocycles. The molecule has 0 amide bonds. The summed E-state index contributed by atoms with van der Waals surface area (Å²) in [4.78, 5) is 0. The Bertz CT molecular complexity index is 367. The van der Waals surface area contributed by atoms with Gasteiger partial charge in [-0.05, 0) is 12.5 Å². The lowest BCUT2D eigenvalue weighted by atomic mass is 10.0. The van der Waals surface area contributed by atoms with Gasteiger partial charge >= 0.3 is 0 Å². The Morgan fingerprint density at radius 3 is 2.94 bits per heavy atom. The number of hydrogen-bond acceptors (Lipinski definition) is 4. The second-order valence-electron chi connectivity index (χ2n) is 4.40. The Hall–Kier alpha value is -0.320. The van der Waals surface area contributed by atoms with E-state index < -0.39 is 0 Å². The van der Waals surface area contributed by atoms with Crippen LogP contribution in [-0.4, -0.2) is 29.1 Å². The van der Waals surface area contributed by atoms with E-state index in [1.165, 1.54) is 11.5 Å². The molecular weight excluding hydrogens is 262 g/mol. The minimum Gasteiger partial charge on any atom is -0.493 e. The first-order chi connectivity index (χ1) is 8.83. The lowest BCUT2D eigenvalue weighted by molar-refractivity contribution is 0.312. The molecule has 1 aromatic carbocycles. The first-order valence-corrected chi connectivity index (χ1v) is 8.70. The van der Waals surface area contributed by atoms with Gasteiger partial charge < -0.3 is 10.5 Å². The highest BCUT2D eigenvalue weighted by Gasteiger charge is 2.24. The lowest BCUT2D eigenvalue weighted by Crippen LogP contribution is -2.29. The fourth-order valence-corrected chi connectivity index (χ4v) is 4.81. The Kier molecular flexibility index (Phi) is 5.73. The fraction of sp³-hybridized carbons (Fsp3) is 0.571. The average Bonchev–Trinajstić information content (AvgIpc) is 2.45. The minimum absolute atomic E-state index is 0.0795. The Morgan fingerprint density at radius 1 is 1.39 bits per heavy atom. The van der Waals surface area contributed by atoms with Crippen LogP contribution in [0.2, 0.25) is 0 Å². The van der Waals surface area contributed by atoms with Crippen LogP contribution in [-0.2, 0) is 0 Å². The molecule has 0 saturated carbocycles. The van der Waals surface area contributed by atoms with E-state index in [1.54, 1.807) is 0 Å². The van der Waals surface area contributed by atoms with E-state index in [0.717, 1.165) is 30.1 Å². The van der Waals surface area contributed by atoms with Crippen molar-refractivity contribution in [3.05, 3.63) is 29.8 Å². The van der Waals surface area contributed by atoms with Crippen LogP contribution >= 0.6 is 23.5 Å². The molecule has 1 aliphatic heterocycles. The second kappa shape index (κ2) is 7.31. The molecule has 0 bridgehead atoms. The SMILES string of the molecule is CCCOc1ccccc1C(N)C1CSCCS1. The summed E-state index contributed by atoms with van der Waals surface area (Å²) in [5, 5.41) is 0.509. The fourth-order valence-electron chi connectivity index (χ4n) is 2.01. The summed E-state index contributed by atoms with van der Waals surface area (Å²) in [6.07, 6.45) is 1.03. The predicted molar refractivity (Wildman–Crippen MR) is 82.7 cm³/mol. The zero-order chi connectivity index (χ0) is 12.8. The van der Waals surface area contributed by atoms with Crippen molar-refractivity contribution in [3.63, 3.8) is 0 Å². The Labute approximate surface area is 118 Å². The molecular formula is C14H21NOS2. The largest absolute Gasteiger partial charge is 0.493 e. The van der Waals surface area contributed by atoms with E-state index >= 15 is 0 Å². The summed E-state index contributed by atoms with van der Waals surface area (Å²) in [6.45, 7) is 2.88. The van der Waals surface area contributed by atoms with Crippen LogP contribution in [0.3, 0.4) is 0 Å². The molecule has 18 heavy (non-hydrogen) atoms. The standard InChI is InChI=1S/C14H21NOS2/c1-2-7-16-12-6-4-3-5-11(12)14(15)13-10-17-8-9-18-13/h3-6,13-14H,2,7-10,15H2,1H3. The molecule has 4 heteroatoms. The summed E-state index contributed by atoms with van der Waals surface area (Å²) >= 11 is 4.01. The third-order valence-electron chi connectivity index (χ3n) is 2.98. The molecule has 0 aliphatic carbocycles. The van der Waals surface area contributed by atoms with E-state index in [0.29, 0.717) is 5.25 Å². The van der Waals surface area contributed by atoms with E-state index in [2.05, 4.69) is 19.1 Å². The van der Waals surface area contributed by atoms with E-state index in [1.807, 2.05) is 35.7 Å². The summed E-state index contributed by atoms with van der Waals surface area (Å²) in [5.41, 5.74) is 7.59. The predicted octanol–water partition coefficient (Wildman–Crippen LogP) is 3.32. The Morgan fingerprint density at radius 2 is 2.22 bits per heavy atom. The molecule has 1 aromatic rings. The third-order valence-corrected chi connectivity index (χ3v) is 5.87. The molecule has 2 nitrogen and oxygen atoms in total. The lowest BCUT2D eigenvalue weighted by Gasteiger charge is -2.28. The first kappa shape index (κ1) is 14.1. The molecule has 0 radical (unpaired) electrons. The van der Waals surface area contributed by atoms with Gasteiger partial charge in [-0.1, -0.05) is 25.1 Å². The van der Waals surface area contributed by atoms with Crippen molar-refractivity contribution in [2.75, 3.05) is 23.9 Å². The van der Waals surface area contributed by atoms with Gasteiger partial charge in [0.25, 0.3) is 0 Å². The van der Waals surface area contributed by atoms with Gasteiger partial charge in [0.1, 0.15) is 5.75 Å². The van der Waals surface area contributed by atoms with Crippen LogP contribution in [0, 0.1) is 0 Å². The maximum absolute atomic E-state index is 6.43. The van der Waals surface area contributed by atoms with Gasteiger partial charge in [0.15, 0.2) is 0 Å². The van der Waals surface area contributed by atoms with E-state index in [4.69, 9.17) is 10.5 Å². The molecule has 100 valence electrons. The molecule has 1 heterocycles. The van der Waals surface area contributed by atoms with Crippen molar-refractivity contribution in [1.82, 2.24) is 0 Å².